The van der Waals surface area contributed by atoms with E-state index in [1.807, 2.05) is 36.4 Å². The Hall–Kier alpha value is -2.86. The van der Waals surface area contributed by atoms with E-state index in [9.17, 15) is 0 Å². The van der Waals surface area contributed by atoms with Crippen LogP contribution < -0.4 is 9.47 Å². The van der Waals surface area contributed by atoms with Gasteiger partial charge in [0.05, 0.1) is 6.54 Å². The average Bonchev–Trinajstić information content (AvgIpc) is 3.49. The molecule has 2 aromatic carbocycles. The molecular weight excluding hydrogens is 354 g/mol. The second-order valence-corrected chi connectivity index (χ2v) is 7.41. The lowest BCUT2D eigenvalue weighted by atomic mass is 10.1. The van der Waals surface area contributed by atoms with Crippen molar-refractivity contribution in [3.8, 4) is 22.9 Å². The molecule has 1 aromatic heterocycles. The van der Waals surface area contributed by atoms with Crippen LogP contribution in [-0.2, 0) is 13.1 Å². The largest absolute Gasteiger partial charge is 0.454 e. The van der Waals surface area contributed by atoms with E-state index in [2.05, 4.69) is 27.2 Å². The van der Waals surface area contributed by atoms with Gasteiger partial charge in [-0.15, -0.1) is 0 Å². The monoisotopic (exact) mass is 377 g/mol. The fraction of sp³-hybridized carbons (Fsp3) is 0.364. The first kappa shape index (κ1) is 17.3. The van der Waals surface area contributed by atoms with Gasteiger partial charge in [-0.3, -0.25) is 4.90 Å². The van der Waals surface area contributed by atoms with E-state index in [0.29, 0.717) is 31.1 Å². The van der Waals surface area contributed by atoms with Crippen LogP contribution in [0.1, 0.15) is 37.1 Å². The predicted molar refractivity (Wildman–Crippen MR) is 104 cm³/mol. The summed E-state index contributed by atoms with van der Waals surface area (Å²) < 4.78 is 16.5. The molecule has 0 N–H and O–H groups in total. The van der Waals surface area contributed by atoms with Crippen LogP contribution in [0.15, 0.2) is 53.1 Å². The number of hydrogen-bond acceptors (Lipinski definition) is 6. The normalized spacial score (nSPS) is 16.2. The number of rotatable bonds is 6. The lowest BCUT2D eigenvalue weighted by Gasteiger charge is -2.27. The molecule has 0 radical (unpaired) electrons. The van der Waals surface area contributed by atoms with Gasteiger partial charge < -0.3 is 14.0 Å². The maximum Gasteiger partial charge on any atom is 0.241 e. The summed E-state index contributed by atoms with van der Waals surface area (Å²) in [5, 5.41) is 4.17. The van der Waals surface area contributed by atoms with Crippen molar-refractivity contribution in [1.29, 1.82) is 0 Å². The van der Waals surface area contributed by atoms with Gasteiger partial charge in [0.25, 0.3) is 0 Å². The van der Waals surface area contributed by atoms with E-state index in [0.717, 1.165) is 23.6 Å². The van der Waals surface area contributed by atoms with Crippen LogP contribution in [0.3, 0.4) is 0 Å². The Morgan fingerprint density at radius 2 is 1.75 bits per heavy atom. The third-order valence-corrected chi connectivity index (χ3v) is 5.50. The van der Waals surface area contributed by atoms with Crippen LogP contribution in [0, 0.1) is 0 Å². The molecule has 144 valence electrons. The Bertz CT molecular complexity index is 935. The summed E-state index contributed by atoms with van der Waals surface area (Å²) in [5.74, 6) is 2.95. The van der Waals surface area contributed by atoms with Crippen molar-refractivity contribution >= 4 is 0 Å². The maximum atomic E-state index is 5.57. The molecule has 0 atom stereocenters. The molecule has 1 aliphatic carbocycles. The molecule has 1 fully saturated rings. The Kier molecular flexibility index (Phi) is 4.71. The van der Waals surface area contributed by atoms with Crippen LogP contribution in [0.5, 0.6) is 11.5 Å². The van der Waals surface area contributed by atoms with Gasteiger partial charge in [0.15, 0.2) is 11.5 Å². The summed E-state index contributed by atoms with van der Waals surface area (Å²) in [6.07, 6.45) is 4.98. The zero-order valence-corrected chi connectivity index (χ0v) is 15.7. The molecule has 3 aromatic rings. The summed E-state index contributed by atoms with van der Waals surface area (Å²) in [6, 6.07) is 16.7. The molecular formula is C22H23N3O3. The standard InChI is InChI=1S/C22H23N3O3/c1-2-6-17(7-3-1)22-23-21(28-24-22)14-25(18-8-4-5-9-18)13-16-10-11-19-20(12-16)27-15-26-19/h1-3,6-7,10-12,18H,4-5,8-9,13-15H2. The molecule has 2 heterocycles. The molecule has 1 saturated carbocycles. The molecule has 0 bridgehead atoms. The van der Waals surface area contributed by atoms with E-state index in [-0.39, 0.29) is 0 Å². The molecule has 1 aliphatic heterocycles. The molecule has 0 saturated heterocycles. The summed E-state index contributed by atoms with van der Waals surface area (Å²) in [6.45, 7) is 1.78. The minimum Gasteiger partial charge on any atom is -0.454 e. The smallest absolute Gasteiger partial charge is 0.241 e. The average molecular weight is 377 g/mol. The van der Waals surface area contributed by atoms with Crippen molar-refractivity contribution < 1.29 is 14.0 Å². The van der Waals surface area contributed by atoms with E-state index >= 15 is 0 Å². The van der Waals surface area contributed by atoms with Crippen molar-refractivity contribution in [1.82, 2.24) is 15.0 Å². The highest BCUT2D eigenvalue weighted by atomic mass is 16.7. The van der Waals surface area contributed by atoms with Crippen molar-refractivity contribution in [3.05, 3.63) is 60.0 Å². The molecule has 0 unspecified atom stereocenters. The number of fused-ring (bicyclic) bond motifs is 1. The lowest BCUT2D eigenvalue weighted by molar-refractivity contribution is 0.157. The minimum atomic E-state index is 0.301. The van der Waals surface area contributed by atoms with E-state index < -0.39 is 0 Å². The van der Waals surface area contributed by atoms with Crippen molar-refractivity contribution in [2.45, 2.75) is 44.8 Å². The summed E-state index contributed by atoms with van der Waals surface area (Å²) in [7, 11) is 0. The van der Waals surface area contributed by atoms with Crippen LogP contribution >= 0.6 is 0 Å². The van der Waals surface area contributed by atoms with Gasteiger partial charge in [-0.25, -0.2) is 0 Å². The Morgan fingerprint density at radius 1 is 0.929 bits per heavy atom. The molecule has 28 heavy (non-hydrogen) atoms. The van der Waals surface area contributed by atoms with E-state index in [1.54, 1.807) is 0 Å². The highest BCUT2D eigenvalue weighted by Gasteiger charge is 2.25. The number of hydrogen-bond donors (Lipinski definition) is 0. The van der Waals surface area contributed by atoms with E-state index in [1.165, 1.54) is 31.2 Å². The second-order valence-electron chi connectivity index (χ2n) is 7.41. The predicted octanol–water partition coefficient (Wildman–Crippen LogP) is 4.41. The summed E-state index contributed by atoms with van der Waals surface area (Å²) in [5.41, 5.74) is 2.18. The van der Waals surface area contributed by atoms with Gasteiger partial charge in [-0.05, 0) is 30.5 Å². The van der Waals surface area contributed by atoms with Gasteiger partial charge in [-0.1, -0.05) is 54.4 Å². The lowest BCUT2D eigenvalue weighted by Crippen LogP contribution is -2.32. The van der Waals surface area contributed by atoms with Crippen LogP contribution in [-0.4, -0.2) is 27.9 Å². The molecule has 5 rings (SSSR count). The number of aromatic nitrogens is 2. The van der Waals surface area contributed by atoms with Crippen molar-refractivity contribution in [2.24, 2.45) is 0 Å². The van der Waals surface area contributed by atoms with Crippen LogP contribution in [0.2, 0.25) is 0 Å². The highest BCUT2D eigenvalue weighted by Crippen LogP contribution is 2.34. The van der Waals surface area contributed by atoms with Gasteiger partial charge in [0, 0.05) is 18.2 Å². The second kappa shape index (κ2) is 7.64. The summed E-state index contributed by atoms with van der Waals surface area (Å²) >= 11 is 0. The SMILES string of the molecule is c1ccc(-c2noc(CN(Cc3ccc4c(c3)OCO4)C3CCCC3)n2)cc1. The fourth-order valence-corrected chi connectivity index (χ4v) is 4.05. The van der Waals surface area contributed by atoms with Crippen molar-refractivity contribution in [2.75, 3.05) is 6.79 Å². The van der Waals surface area contributed by atoms with Gasteiger partial charge in [0.2, 0.25) is 18.5 Å². The van der Waals surface area contributed by atoms with Crippen LogP contribution in [0.4, 0.5) is 0 Å². The highest BCUT2D eigenvalue weighted by molar-refractivity contribution is 5.53. The topological polar surface area (TPSA) is 60.6 Å². The molecule has 2 aliphatic rings. The number of ether oxygens (including phenoxy) is 2. The molecule has 6 heteroatoms. The first-order valence-electron chi connectivity index (χ1n) is 9.86. The van der Waals surface area contributed by atoms with E-state index in [4.69, 9.17) is 14.0 Å². The minimum absolute atomic E-state index is 0.301. The third-order valence-electron chi connectivity index (χ3n) is 5.50. The van der Waals surface area contributed by atoms with Gasteiger partial charge in [-0.2, -0.15) is 4.98 Å². The third kappa shape index (κ3) is 3.60. The summed E-state index contributed by atoms with van der Waals surface area (Å²) in [4.78, 5) is 7.08. The number of benzene rings is 2. The molecule has 0 spiro atoms. The van der Waals surface area contributed by atoms with Crippen LogP contribution in [0.25, 0.3) is 11.4 Å². The maximum absolute atomic E-state index is 5.57. The Morgan fingerprint density at radius 3 is 2.61 bits per heavy atom. The quantitative estimate of drug-likeness (QED) is 0.634. The Balaban J connectivity index is 1.35. The Labute approximate surface area is 164 Å². The first-order valence-corrected chi connectivity index (χ1v) is 9.86. The molecule has 6 nitrogen and oxygen atoms in total. The zero-order chi connectivity index (χ0) is 18.8. The zero-order valence-electron chi connectivity index (χ0n) is 15.7. The first-order chi connectivity index (χ1) is 13.8. The fourth-order valence-electron chi connectivity index (χ4n) is 4.05. The van der Waals surface area contributed by atoms with Gasteiger partial charge in [0.1, 0.15) is 0 Å². The van der Waals surface area contributed by atoms with Crippen molar-refractivity contribution in [3.63, 3.8) is 0 Å². The number of nitrogens with zero attached hydrogens (tertiary/aromatic N) is 3. The molecule has 0 amide bonds. The van der Waals surface area contributed by atoms with Gasteiger partial charge >= 0.3 is 0 Å².